The van der Waals surface area contributed by atoms with Crippen LogP contribution in [0.3, 0.4) is 0 Å². The molecule has 0 aromatic heterocycles. The number of likely N-dealkylation sites (N-methyl/N-ethyl adjacent to an activating group) is 1. The molecule has 2 N–H and O–H groups in total. The molecule has 7 nitrogen and oxygen atoms in total. The van der Waals surface area contributed by atoms with Crippen molar-refractivity contribution in [2.24, 2.45) is 0 Å². The zero-order chi connectivity index (χ0) is 20.2. The highest BCUT2D eigenvalue weighted by Gasteiger charge is 2.19. The van der Waals surface area contributed by atoms with Crippen molar-refractivity contribution in [3.05, 3.63) is 48.0 Å². The maximum Gasteiger partial charge on any atom is 0.257 e. The number of piperazine rings is 1. The summed E-state index contributed by atoms with van der Waals surface area (Å²) in [5, 5.41) is 6.17. The van der Waals surface area contributed by atoms with Gasteiger partial charge >= 0.3 is 0 Å². The van der Waals surface area contributed by atoms with Crippen molar-refractivity contribution in [3.63, 3.8) is 0 Å². The molecule has 0 spiro atoms. The first-order chi connectivity index (χ1) is 14.1. The number of amides is 1. The summed E-state index contributed by atoms with van der Waals surface area (Å²) in [7, 11) is 2.13. The monoisotopic (exact) mass is 412 g/mol. The maximum atomic E-state index is 12.6. The number of thiocarbonyl (C=S) groups is 1. The number of hydrogen-bond acceptors (Lipinski definition) is 6. The fourth-order valence-electron chi connectivity index (χ4n) is 3.42. The second kappa shape index (κ2) is 8.67. The van der Waals surface area contributed by atoms with Gasteiger partial charge in [0.2, 0.25) is 0 Å². The molecule has 0 aliphatic carbocycles. The Morgan fingerprint density at radius 2 is 1.72 bits per heavy atom. The van der Waals surface area contributed by atoms with Gasteiger partial charge in [0, 0.05) is 31.7 Å². The van der Waals surface area contributed by atoms with Gasteiger partial charge < -0.3 is 24.6 Å². The average Bonchev–Trinajstić information content (AvgIpc) is 2.74. The smallest absolute Gasteiger partial charge is 0.257 e. The number of fused-ring (bicyclic) bond motifs is 1. The molecule has 0 saturated carbocycles. The van der Waals surface area contributed by atoms with Crippen LogP contribution in [0.25, 0.3) is 0 Å². The molecule has 2 aromatic rings. The fourth-order valence-corrected chi connectivity index (χ4v) is 3.62. The van der Waals surface area contributed by atoms with Crippen LogP contribution in [0.2, 0.25) is 0 Å². The van der Waals surface area contributed by atoms with Crippen molar-refractivity contribution >= 4 is 34.6 Å². The quantitative estimate of drug-likeness (QED) is 0.750. The Morgan fingerprint density at radius 1 is 1.00 bits per heavy atom. The van der Waals surface area contributed by atoms with Gasteiger partial charge in [0.05, 0.1) is 11.4 Å². The Balaban J connectivity index is 1.42. The van der Waals surface area contributed by atoms with E-state index in [1.54, 1.807) is 18.2 Å². The van der Waals surface area contributed by atoms with Crippen molar-refractivity contribution in [2.75, 3.05) is 56.7 Å². The predicted octanol–water partition coefficient (Wildman–Crippen LogP) is 2.34. The molecular formula is C21H24N4O3S. The Kier molecular flexibility index (Phi) is 5.82. The second-order valence-corrected chi connectivity index (χ2v) is 7.48. The highest BCUT2D eigenvalue weighted by atomic mass is 32.1. The molecule has 0 unspecified atom stereocenters. The van der Waals surface area contributed by atoms with E-state index < -0.39 is 0 Å². The van der Waals surface area contributed by atoms with Gasteiger partial charge in [0.15, 0.2) is 16.6 Å². The average molecular weight is 413 g/mol. The first-order valence-corrected chi connectivity index (χ1v) is 10.1. The van der Waals surface area contributed by atoms with E-state index in [-0.39, 0.29) is 11.0 Å². The topological polar surface area (TPSA) is 66.1 Å². The Labute approximate surface area is 175 Å². The van der Waals surface area contributed by atoms with Crippen LogP contribution < -0.4 is 25.0 Å². The number of rotatable bonds is 3. The van der Waals surface area contributed by atoms with Gasteiger partial charge in [0.25, 0.3) is 5.91 Å². The van der Waals surface area contributed by atoms with Crippen molar-refractivity contribution in [1.82, 2.24) is 10.2 Å². The first kappa shape index (κ1) is 19.5. The van der Waals surface area contributed by atoms with Crippen LogP contribution in [0.4, 0.5) is 11.4 Å². The number of benzene rings is 2. The Bertz CT molecular complexity index is 913. The molecule has 1 saturated heterocycles. The van der Waals surface area contributed by atoms with E-state index in [9.17, 15) is 4.79 Å². The van der Waals surface area contributed by atoms with Crippen molar-refractivity contribution < 1.29 is 14.3 Å². The van der Waals surface area contributed by atoms with Crippen LogP contribution in [0.1, 0.15) is 10.4 Å². The lowest BCUT2D eigenvalue weighted by Crippen LogP contribution is -2.45. The van der Waals surface area contributed by atoms with Gasteiger partial charge in [-0.25, -0.2) is 0 Å². The number of nitrogens with one attached hydrogen (secondary N) is 2. The van der Waals surface area contributed by atoms with Crippen LogP contribution in [-0.4, -0.2) is 62.4 Å². The molecule has 2 aromatic carbocycles. The summed E-state index contributed by atoms with van der Waals surface area (Å²) in [5.41, 5.74) is 2.42. The third kappa shape index (κ3) is 4.60. The Hall–Kier alpha value is -2.84. The molecular weight excluding hydrogens is 388 g/mol. The lowest BCUT2D eigenvalue weighted by atomic mass is 10.2. The lowest BCUT2D eigenvalue weighted by molar-refractivity contribution is 0.0976. The molecule has 0 atom stereocenters. The minimum absolute atomic E-state index is 0.256. The van der Waals surface area contributed by atoms with E-state index in [1.807, 2.05) is 18.2 Å². The normalized spacial score (nSPS) is 16.2. The van der Waals surface area contributed by atoms with Gasteiger partial charge in [-0.2, -0.15) is 0 Å². The number of hydrogen-bond donors (Lipinski definition) is 2. The van der Waals surface area contributed by atoms with E-state index in [4.69, 9.17) is 21.7 Å². The summed E-state index contributed by atoms with van der Waals surface area (Å²) in [6.45, 7) is 4.91. The van der Waals surface area contributed by atoms with E-state index in [2.05, 4.69) is 33.5 Å². The minimum Gasteiger partial charge on any atom is -0.486 e. The third-order valence-electron chi connectivity index (χ3n) is 5.03. The third-order valence-corrected chi connectivity index (χ3v) is 5.23. The molecule has 1 amide bonds. The lowest BCUT2D eigenvalue weighted by Gasteiger charge is -2.35. The number of carbonyl (C=O) groups excluding carboxylic acids is 1. The summed E-state index contributed by atoms with van der Waals surface area (Å²) in [6, 6.07) is 13.1. The van der Waals surface area contributed by atoms with Crippen LogP contribution in [0, 0.1) is 0 Å². The van der Waals surface area contributed by atoms with Crippen molar-refractivity contribution in [1.29, 1.82) is 0 Å². The summed E-state index contributed by atoms with van der Waals surface area (Å²) < 4.78 is 11.0. The van der Waals surface area contributed by atoms with Gasteiger partial charge in [-0.15, -0.1) is 0 Å². The van der Waals surface area contributed by atoms with Crippen molar-refractivity contribution in [2.45, 2.75) is 0 Å². The van der Waals surface area contributed by atoms with E-state index in [0.29, 0.717) is 30.3 Å². The molecule has 4 rings (SSSR count). The van der Waals surface area contributed by atoms with E-state index >= 15 is 0 Å². The maximum absolute atomic E-state index is 12.6. The van der Waals surface area contributed by atoms with E-state index in [1.165, 1.54) is 0 Å². The molecule has 2 heterocycles. The zero-order valence-corrected chi connectivity index (χ0v) is 17.1. The highest BCUT2D eigenvalue weighted by Crippen LogP contribution is 2.31. The number of carbonyl (C=O) groups is 1. The molecule has 2 aliphatic rings. The molecule has 1 fully saturated rings. The van der Waals surface area contributed by atoms with Crippen molar-refractivity contribution in [3.8, 4) is 11.5 Å². The summed E-state index contributed by atoms with van der Waals surface area (Å²) in [6.07, 6.45) is 0. The highest BCUT2D eigenvalue weighted by molar-refractivity contribution is 7.80. The first-order valence-electron chi connectivity index (χ1n) is 9.64. The van der Waals surface area contributed by atoms with E-state index in [0.717, 1.165) is 37.6 Å². The molecule has 29 heavy (non-hydrogen) atoms. The molecule has 0 radical (unpaired) electrons. The molecule has 8 heteroatoms. The van der Waals surface area contributed by atoms with Crippen LogP contribution in [-0.2, 0) is 0 Å². The number of ether oxygens (including phenoxy) is 2. The summed E-state index contributed by atoms with van der Waals surface area (Å²) in [5.74, 6) is 0.925. The minimum atomic E-state index is -0.295. The summed E-state index contributed by atoms with van der Waals surface area (Å²) in [4.78, 5) is 17.2. The number of para-hydroxylation sites is 2. The second-order valence-electron chi connectivity index (χ2n) is 7.07. The number of anilines is 2. The molecule has 0 bridgehead atoms. The van der Waals surface area contributed by atoms with Gasteiger partial charge in [-0.1, -0.05) is 12.1 Å². The molecule has 152 valence electrons. The summed E-state index contributed by atoms with van der Waals surface area (Å²) >= 11 is 5.39. The van der Waals surface area contributed by atoms with Gasteiger partial charge in [-0.3, -0.25) is 10.1 Å². The zero-order valence-electron chi connectivity index (χ0n) is 16.3. The van der Waals surface area contributed by atoms with Gasteiger partial charge in [-0.05, 0) is 49.6 Å². The standard InChI is InChI=1S/C21H24N4O3S/c1-24-8-10-25(11-9-24)17-5-3-2-4-16(17)22-21(29)23-20(26)15-6-7-18-19(14-15)28-13-12-27-18/h2-7,14H,8-13H2,1H3,(H2,22,23,26,29). The van der Waals surface area contributed by atoms with Gasteiger partial charge in [0.1, 0.15) is 13.2 Å². The molecule has 2 aliphatic heterocycles. The van der Waals surface area contributed by atoms with Crippen LogP contribution in [0.15, 0.2) is 42.5 Å². The van der Waals surface area contributed by atoms with Crippen LogP contribution >= 0.6 is 12.2 Å². The Morgan fingerprint density at radius 3 is 2.52 bits per heavy atom. The largest absolute Gasteiger partial charge is 0.486 e. The predicted molar refractivity (Wildman–Crippen MR) is 117 cm³/mol. The number of nitrogens with zero attached hydrogens (tertiary/aromatic N) is 2. The van der Waals surface area contributed by atoms with Crippen LogP contribution in [0.5, 0.6) is 11.5 Å². The SMILES string of the molecule is CN1CCN(c2ccccc2NC(=S)NC(=O)c2ccc3c(c2)OCCO3)CC1. The fraction of sp³-hybridized carbons (Fsp3) is 0.333.